The van der Waals surface area contributed by atoms with Crippen LogP contribution in [0.4, 0.5) is 0 Å². The first kappa shape index (κ1) is 13.5. The molecular formula is C12H24N2O2. The quantitative estimate of drug-likeness (QED) is 0.700. The van der Waals surface area contributed by atoms with Crippen LogP contribution in [0.5, 0.6) is 0 Å². The second-order valence-electron chi connectivity index (χ2n) is 4.82. The molecule has 1 saturated heterocycles. The van der Waals surface area contributed by atoms with Crippen LogP contribution in [-0.2, 0) is 4.79 Å². The lowest BCUT2D eigenvalue weighted by Gasteiger charge is -2.29. The van der Waals surface area contributed by atoms with Crippen molar-refractivity contribution in [2.24, 2.45) is 5.92 Å². The summed E-state index contributed by atoms with van der Waals surface area (Å²) in [6, 6.07) is -0.0614. The predicted molar refractivity (Wildman–Crippen MR) is 64.1 cm³/mol. The molecule has 2 atom stereocenters. The van der Waals surface area contributed by atoms with Gasteiger partial charge in [0.25, 0.3) is 0 Å². The van der Waals surface area contributed by atoms with Gasteiger partial charge in [-0.15, -0.1) is 0 Å². The molecule has 0 aromatic heterocycles. The molecule has 1 aliphatic rings. The van der Waals surface area contributed by atoms with Gasteiger partial charge in [-0.1, -0.05) is 20.8 Å². The van der Waals surface area contributed by atoms with Crippen molar-refractivity contribution in [1.29, 1.82) is 0 Å². The van der Waals surface area contributed by atoms with Gasteiger partial charge >= 0.3 is 0 Å². The number of carbonyl (C=O) groups excluding carboxylic acids is 1. The number of carbonyl (C=O) groups is 1. The van der Waals surface area contributed by atoms with E-state index in [1.54, 1.807) is 0 Å². The number of rotatable bonds is 6. The standard InChI is InChI=1S/C12H24N2O2/c1-4-6-13-10-5-7-14(12(10)16)11(8-15)9(2)3/h9-11,13,15H,4-8H2,1-3H3/t10?,11-/m0/s1. The maximum atomic E-state index is 12.1. The van der Waals surface area contributed by atoms with Crippen LogP contribution in [0.1, 0.15) is 33.6 Å². The highest BCUT2D eigenvalue weighted by atomic mass is 16.3. The molecule has 16 heavy (non-hydrogen) atoms. The Kier molecular flexibility index (Phi) is 5.22. The lowest BCUT2D eigenvalue weighted by molar-refractivity contribution is -0.133. The number of aliphatic hydroxyl groups is 1. The number of hydrogen-bond acceptors (Lipinski definition) is 3. The molecule has 1 rings (SSSR count). The van der Waals surface area contributed by atoms with E-state index >= 15 is 0 Å². The minimum Gasteiger partial charge on any atom is -0.394 e. The van der Waals surface area contributed by atoms with Gasteiger partial charge in [0.05, 0.1) is 18.7 Å². The van der Waals surface area contributed by atoms with Gasteiger partial charge in [0.2, 0.25) is 5.91 Å². The van der Waals surface area contributed by atoms with Crippen molar-refractivity contribution in [2.45, 2.75) is 45.7 Å². The van der Waals surface area contributed by atoms with Crippen molar-refractivity contribution in [1.82, 2.24) is 10.2 Å². The second kappa shape index (κ2) is 6.21. The first-order valence-corrected chi connectivity index (χ1v) is 6.26. The largest absolute Gasteiger partial charge is 0.394 e. The molecule has 0 aromatic rings. The Morgan fingerprint density at radius 2 is 2.25 bits per heavy atom. The van der Waals surface area contributed by atoms with Crippen LogP contribution in [0.15, 0.2) is 0 Å². The van der Waals surface area contributed by atoms with E-state index in [1.807, 2.05) is 18.7 Å². The molecular weight excluding hydrogens is 204 g/mol. The fourth-order valence-electron chi connectivity index (χ4n) is 2.21. The van der Waals surface area contributed by atoms with Gasteiger partial charge in [-0.05, 0) is 25.3 Å². The van der Waals surface area contributed by atoms with Crippen molar-refractivity contribution in [3.8, 4) is 0 Å². The molecule has 4 nitrogen and oxygen atoms in total. The third kappa shape index (κ3) is 2.95. The molecule has 0 radical (unpaired) electrons. The molecule has 4 heteroatoms. The normalized spacial score (nSPS) is 23.2. The minimum absolute atomic E-state index is 0.0269. The number of nitrogens with zero attached hydrogens (tertiary/aromatic N) is 1. The lowest BCUT2D eigenvalue weighted by Crippen LogP contribution is -2.46. The van der Waals surface area contributed by atoms with Crippen molar-refractivity contribution in [3.63, 3.8) is 0 Å². The molecule has 0 aliphatic carbocycles. The number of hydrogen-bond donors (Lipinski definition) is 2. The molecule has 0 spiro atoms. The van der Waals surface area contributed by atoms with E-state index in [9.17, 15) is 9.90 Å². The number of likely N-dealkylation sites (tertiary alicyclic amines) is 1. The van der Waals surface area contributed by atoms with Crippen molar-refractivity contribution in [2.75, 3.05) is 19.7 Å². The molecule has 94 valence electrons. The summed E-state index contributed by atoms with van der Waals surface area (Å²) in [4.78, 5) is 13.9. The summed E-state index contributed by atoms with van der Waals surface area (Å²) in [5.74, 6) is 0.458. The molecule has 1 unspecified atom stereocenters. The smallest absolute Gasteiger partial charge is 0.240 e. The Hall–Kier alpha value is -0.610. The van der Waals surface area contributed by atoms with E-state index in [0.717, 1.165) is 25.9 Å². The lowest BCUT2D eigenvalue weighted by atomic mass is 10.0. The Bertz CT molecular complexity index is 231. The van der Waals surface area contributed by atoms with Crippen LogP contribution in [-0.4, -0.2) is 47.7 Å². The van der Waals surface area contributed by atoms with E-state index < -0.39 is 0 Å². The van der Waals surface area contributed by atoms with Crippen molar-refractivity contribution >= 4 is 5.91 Å². The number of nitrogens with one attached hydrogen (secondary N) is 1. The third-order valence-corrected chi connectivity index (χ3v) is 3.24. The zero-order valence-corrected chi connectivity index (χ0v) is 10.6. The molecule has 1 amide bonds. The summed E-state index contributed by atoms with van der Waals surface area (Å²) in [5.41, 5.74) is 0. The van der Waals surface area contributed by atoms with Crippen LogP contribution >= 0.6 is 0 Å². The summed E-state index contributed by atoms with van der Waals surface area (Å²) in [6.45, 7) is 7.89. The Balaban J connectivity index is 2.55. The summed E-state index contributed by atoms with van der Waals surface area (Å²) < 4.78 is 0. The predicted octanol–water partition coefficient (Wildman–Crippen LogP) is 0.604. The molecule has 1 fully saturated rings. The topological polar surface area (TPSA) is 52.6 Å². The van der Waals surface area contributed by atoms with E-state index in [2.05, 4.69) is 12.2 Å². The van der Waals surface area contributed by atoms with Gasteiger partial charge in [-0.25, -0.2) is 0 Å². The third-order valence-electron chi connectivity index (χ3n) is 3.24. The van der Waals surface area contributed by atoms with E-state index in [1.165, 1.54) is 0 Å². The first-order chi connectivity index (χ1) is 7.61. The van der Waals surface area contributed by atoms with Crippen LogP contribution in [0.2, 0.25) is 0 Å². The monoisotopic (exact) mass is 228 g/mol. The highest BCUT2D eigenvalue weighted by Crippen LogP contribution is 2.19. The zero-order valence-electron chi connectivity index (χ0n) is 10.6. The van der Waals surface area contributed by atoms with Crippen molar-refractivity contribution < 1.29 is 9.90 Å². The van der Waals surface area contributed by atoms with Crippen LogP contribution in [0, 0.1) is 5.92 Å². The molecule has 2 N–H and O–H groups in total. The highest BCUT2D eigenvalue weighted by molar-refractivity contribution is 5.84. The first-order valence-electron chi connectivity index (χ1n) is 6.26. The van der Waals surface area contributed by atoms with E-state index in [-0.39, 0.29) is 24.6 Å². The van der Waals surface area contributed by atoms with Gasteiger partial charge in [-0.3, -0.25) is 4.79 Å². The van der Waals surface area contributed by atoms with Crippen LogP contribution in [0.25, 0.3) is 0 Å². The Morgan fingerprint density at radius 3 is 2.75 bits per heavy atom. The van der Waals surface area contributed by atoms with Gasteiger partial charge < -0.3 is 15.3 Å². The zero-order chi connectivity index (χ0) is 12.1. The average molecular weight is 228 g/mol. The van der Waals surface area contributed by atoms with Gasteiger partial charge in [-0.2, -0.15) is 0 Å². The summed E-state index contributed by atoms with van der Waals surface area (Å²) in [6.07, 6.45) is 1.90. The minimum atomic E-state index is -0.0345. The fraction of sp³-hybridized carbons (Fsp3) is 0.917. The number of aliphatic hydroxyl groups excluding tert-OH is 1. The molecule has 0 bridgehead atoms. The SMILES string of the molecule is CCCNC1CCN([C@@H](CO)C(C)C)C1=O. The number of amides is 1. The van der Waals surface area contributed by atoms with Gasteiger partial charge in [0, 0.05) is 6.54 Å². The molecule has 0 aromatic carbocycles. The molecule has 1 heterocycles. The second-order valence-corrected chi connectivity index (χ2v) is 4.82. The van der Waals surface area contributed by atoms with Crippen LogP contribution in [0.3, 0.4) is 0 Å². The summed E-state index contributed by atoms with van der Waals surface area (Å²) in [5, 5.41) is 12.6. The van der Waals surface area contributed by atoms with Gasteiger partial charge in [0.15, 0.2) is 0 Å². The summed E-state index contributed by atoms with van der Waals surface area (Å²) in [7, 11) is 0. The van der Waals surface area contributed by atoms with Gasteiger partial charge in [0.1, 0.15) is 0 Å². The molecule has 1 aliphatic heterocycles. The Morgan fingerprint density at radius 1 is 1.56 bits per heavy atom. The fourth-order valence-corrected chi connectivity index (χ4v) is 2.21. The summed E-state index contributed by atoms with van der Waals surface area (Å²) >= 11 is 0. The average Bonchev–Trinajstić information content (AvgIpc) is 2.59. The maximum absolute atomic E-state index is 12.1. The van der Waals surface area contributed by atoms with Crippen molar-refractivity contribution in [3.05, 3.63) is 0 Å². The maximum Gasteiger partial charge on any atom is 0.240 e. The Labute approximate surface area is 98.0 Å². The van der Waals surface area contributed by atoms with E-state index in [0.29, 0.717) is 5.92 Å². The van der Waals surface area contributed by atoms with E-state index in [4.69, 9.17) is 0 Å². The highest BCUT2D eigenvalue weighted by Gasteiger charge is 2.36. The molecule has 0 saturated carbocycles. The van der Waals surface area contributed by atoms with Crippen LogP contribution < -0.4 is 5.32 Å².